The maximum absolute atomic E-state index is 12.1. The molecule has 1 fully saturated rings. The molecule has 0 saturated heterocycles. The first-order valence-electron chi connectivity index (χ1n) is 6.13. The SMILES string of the molecule is CCNC(=NCC(F)F)NC1CCC(O)CC1.I. The Hall–Kier alpha value is -0.180. The van der Waals surface area contributed by atoms with E-state index < -0.39 is 13.0 Å². The van der Waals surface area contributed by atoms with E-state index in [1.165, 1.54) is 0 Å². The van der Waals surface area contributed by atoms with Crippen molar-refractivity contribution in [3.63, 3.8) is 0 Å². The average Bonchev–Trinajstić information content (AvgIpc) is 2.29. The first-order valence-corrected chi connectivity index (χ1v) is 6.13. The minimum atomic E-state index is -2.42. The molecule has 108 valence electrons. The van der Waals surface area contributed by atoms with Gasteiger partial charge in [0.05, 0.1) is 6.10 Å². The maximum atomic E-state index is 12.1. The number of alkyl halides is 2. The number of nitrogens with one attached hydrogen (secondary N) is 2. The molecular formula is C11H22F2IN3O. The minimum Gasteiger partial charge on any atom is -0.393 e. The van der Waals surface area contributed by atoms with Gasteiger partial charge in [0.25, 0.3) is 6.43 Å². The van der Waals surface area contributed by atoms with Gasteiger partial charge in [-0.05, 0) is 32.6 Å². The number of aliphatic hydroxyl groups is 1. The zero-order valence-electron chi connectivity index (χ0n) is 10.5. The van der Waals surface area contributed by atoms with E-state index in [1.807, 2.05) is 6.92 Å². The molecule has 0 amide bonds. The lowest BCUT2D eigenvalue weighted by molar-refractivity contribution is 0.120. The highest BCUT2D eigenvalue weighted by Gasteiger charge is 2.20. The van der Waals surface area contributed by atoms with E-state index in [-0.39, 0.29) is 36.1 Å². The van der Waals surface area contributed by atoms with Crippen LogP contribution in [0.1, 0.15) is 32.6 Å². The van der Waals surface area contributed by atoms with Gasteiger partial charge in [-0.15, -0.1) is 24.0 Å². The molecule has 0 unspecified atom stereocenters. The molecule has 0 atom stereocenters. The minimum absolute atomic E-state index is 0. The number of aliphatic imine (C=N–C) groups is 1. The largest absolute Gasteiger partial charge is 0.393 e. The first kappa shape index (κ1) is 17.8. The summed E-state index contributed by atoms with van der Waals surface area (Å²) >= 11 is 0. The van der Waals surface area contributed by atoms with Gasteiger partial charge in [0.15, 0.2) is 5.96 Å². The molecule has 3 N–H and O–H groups in total. The van der Waals surface area contributed by atoms with Crippen molar-refractivity contribution in [1.29, 1.82) is 0 Å². The highest BCUT2D eigenvalue weighted by Crippen LogP contribution is 2.18. The van der Waals surface area contributed by atoms with Crippen LogP contribution in [0.25, 0.3) is 0 Å². The summed E-state index contributed by atoms with van der Waals surface area (Å²) in [5, 5.41) is 15.4. The molecule has 0 aromatic rings. The van der Waals surface area contributed by atoms with Crippen molar-refractivity contribution in [2.75, 3.05) is 13.1 Å². The molecule has 0 aromatic heterocycles. The number of hydrogen-bond acceptors (Lipinski definition) is 2. The third kappa shape index (κ3) is 7.30. The molecule has 4 nitrogen and oxygen atoms in total. The smallest absolute Gasteiger partial charge is 0.257 e. The van der Waals surface area contributed by atoms with E-state index in [0.717, 1.165) is 25.7 Å². The molecule has 0 heterocycles. The van der Waals surface area contributed by atoms with Crippen LogP contribution in [0.2, 0.25) is 0 Å². The lowest BCUT2D eigenvalue weighted by Crippen LogP contribution is -2.45. The van der Waals surface area contributed by atoms with Crippen molar-refractivity contribution in [3.05, 3.63) is 0 Å². The van der Waals surface area contributed by atoms with E-state index >= 15 is 0 Å². The fraction of sp³-hybridized carbons (Fsp3) is 0.909. The molecule has 1 rings (SSSR count). The number of aliphatic hydroxyl groups excluding tert-OH is 1. The third-order valence-electron chi connectivity index (χ3n) is 2.77. The van der Waals surface area contributed by atoms with E-state index in [1.54, 1.807) is 0 Å². The van der Waals surface area contributed by atoms with Gasteiger partial charge in [-0.3, -0.25) is 0 Å². The number of hydrogen-bond donors (Lipinski definition) is 3. The summed E-state index contributed by atoms with van der Waals surface area (Å²) in [6, 6.07) is 0.217. The van der Waals surface area contributed by atoms with Crippen LogP contribution in [0.4, 0.5) is 8.78 Å². The van der Waals surface area contributed by atoms with E-state index in [2.05, 4.69) is 15.6 Å². The van der Waals surface area contributed by atoms with Gasteiger partial charge in [0.2, 0.25) is 0 Å². The van der Waals surface area contributed by atoms with Gasteiger partial charge in [-0.2, -0.15) is 0 Å². The van der Waals surface area contributed by atoms with Crippen LogP contribution in [-0.4, -0.2) is 42.7 Å². The summed E-state index contributed by atoms with van der Waals surface area (Å²) in [4.78, 5) is 3.81. The van der Waals surface area contributed by atoms with Gasteiger partial charge in [0, 0.05) is 12.6 Å². The van der Waals surface area contributed by atoms with Crippen LogP contribution in [0, 0.1) is 0 Å². The number of rotatable bonds is 4. The Bertz CT molecular complexity index is 246. The van der Waals surface area contributed by atoms with Crippen LogP contribution in [0.5, 0.6) is 0 Å². The molecular weight excluding hydrogens is 355 g/mol. The van der Waals surface area contributed by atoms with Crippen molar-refractivity contribution in [2.45, 2.75) is 51.2 Å². The van der Waals surface area contributed by atoms with Gasteiger partial charge >= 0.3 is 0 Å². The zero-order valence-corrected chi connectivity index (χ0v) is 12.9. The summed E-state index contributed by atoms with van der Waals surface area (Å²) in [5.74, 6) is 0.439. The highest BCUT2D eigenvalue weighted by molar-refractivity contribution is 14.0. The van der Waals surface area contributed by atoms with Gasteiger partial charge in [-0.25, -0.2) is 13.8 Å². The summed E-state index contributed by atoms with van der Waals surface area (Å²) in [5.41, 5.74) is 0. The lowest BCUT2D eigenvalue weighted by Gasteiger charge is -2.27. The predicted octanol–water partition coefficient (Wildman–Crippen LogP) is 1.73. The van der Waals surface area contributed by atoms with E-state index in [4.69, 9.17) is 0 Å². The predicted molar refractivity (Wildman–Crippen MR) is 78.8 cm³/mol. The van der Waals surface area contributed by atoms with Crippen LogP contribution in [0.15, 0.2) is 4.99 Å². The van der Waals surface area contributed by atoms with Crippen LogP contribution >= 0.6 is 24.0 Å². The lowest BCUT2D eigenvalue weighted by atomic mass is 9.93. The van der Waals surface area contributed by atoms with Gasteiger partial charge in [-0.1, -0.05) is 0 Å². The van der Waals surface area contributed by atoms with Crippen molar-refractivity contribution in [1.82, 2.24) is 10.6 Å². The fourth-order valence-corrected chi connectivity index (χ4v) is 1.89. The highest BCUT2D eigenvalue weighted by atomic mass is 127. The number of guanidine groups is 1. The quantitative estimate of drug-likeness (QED) is 0.397. The summed E-state index contributed by atoms with van der Waals surface area (Å²) in [7, 11) is 0. The van der Waals surface area contributed by atoms with Crippen molar-refractivity contribution in [3.8, 4) is 0 Å². The molecule has 0 radical (unpaired) electrons. The molecule has 0 aliphatic heterocycles. The van der Waals surface area contributed by atoms with Crippen molar-refractivity contribution < 1.29 is 13.9 Å². The molecule has 1 aliphatic carbocycles. The summed E-state index contributed by atoms with van der Waals surface area (Å²) < 4.78 is 24.1. The Morgan fingerprint density at radius 3 is 2.44 bits per heavy atom. The second kappa shape index (κ2) is 9.71. The number of nitrogens with zero attached hydrogens (tertiary/aromatic N) is 1. The standard InChI is InChI=1S/C11H21F2N3O.HI/c1-2-14-11(15-7-10(12)13)16-8-3-5-9(17)6-4-8;/h8-10,17H,2-7H2,1H3,(H2,14,15,16);1H. The monoisotopic (exact) mass is 377 g/mol. The molecule has 0 bridgehead atoms. The molecule has 1 aliphatic rings. The van der Waals surface area contributed by atoms with Crippen LogP contribution < -0.4 is 10.6 Å². The topological polar surface area (TPSA) is 56.7 Å². The Kier molecular flexibility index (Phi) is 9.61. The van der Waals surface area contributed by atoms with Crippen LogP contribution in [-0.2, 0) is 0 Å². The van der Waals surface area contributed by atoms with Gasteiger partial charge < -0.3 is 15.7 Å². The Morgan fingerprint density at radius 2 is 1.94 bits per heavy atom. The summed E-state index contributed by atoms with van der Waals surface area (Å²) in [6.45, 7) is 2.05. The normalized spacial score (nSPS) is 24.6. The molecule has 18 heavy (non-hydrogen) atoms. The second-order valence-corrected chi connectivity index (χ2v) is 4.26. The van der Waals surface area contributed by atoms with Gasteiger partial charge in [0.1, 0.15) is 6.54 Å². The first-order chi connectivity index (χ1) is 8.11. The molecule has 7 heteroatoms. The summed E-state index contributed by atoms with van der Waals surface area (Å²) in [6.07, 6.45) is 0.575. The molecule has 0 aromatic carbocycles. The third-order valence-corrected chi connectivity index (χ3v) is 2.77. The number of halogens is 3. The second-order valence-electron chi connectivity index (χ2n) is 4.26. The Morgan fingerprint density at radius 1 is 1.33 bits per heavy atom. The van der Waals surface area contributed by atoms with Crippen molar-refractivity contribution in [2.24, 2.45) is 4.99 Å². The molecule has 1 saturated carbocycles. The van der Waals surface area contributed by atoms with E-state index in [0.29, 0.717) is 12.5 Å². The fourth-order valence-electron chi connectivity index (χ4n) is 1.89. The Balaban J connectivity index is 0.00000289. The van der Waals surface area contributed by atoms with Crippen LogP contribution in [0.3, 0.4) is 0 Å². The maximum Gasteiger partial charge on any atom is 0.257 e. The van der Waals surface area contributed by atoms with Crippen molar-refractivity contribution >= 4 is 29.9 Å². The zero-order chi connectivity index (χ0) is 12.7. The Labute approximate surface area is 124 Å². The average molecular weight is 377 g/mol. The van der Waals surface area contributed by atoms with E-state index in [9.17, 15) is 13.9 Å². The molecule has 0 spiro atoms.